The van der Waals surface area contributed by atoms with Gasteiger partial charge in [-0.15, -0.1) is 0 Å². The number of nitro groups is 1. The molecule has 0 bridgehead atoms. The van der Waals surface area contributed by atoms with Crippen LogP contribution in [0.1, 0.15) is 11.3 Å². The molecule has 2 N–H and O–H groups in total. The molecular formula is C9H12N6O2. The Kier molecular flexibility index (Phi) is 2.77. The summed E-state index contributed by atoms with van der Waals surface area (Å²) in [7, 11) is 1.84. The molecule has 0 aliphatic heterocycles. The van der Waals surface area contributed by atoms with E-state index in [4.69, 9.17) is 0 Å². The maximum atomic E-state index is 10.7. The summed E-state index contributed by atoms with van der Waals surface area (Å²) in [5.41, 5.74) is 1.93. The molecule has 0 saturated carbocycles. The van der Waals surface area contributed by atoms with Crippen molar-refractivity contribution in [2.24, 2.45) is 7.05 Å². The number of rotatable bonds is 4. The second kappa shape index (κ2) is 4.24. The molecule has 0 fully saturated rings. The van der Waals surface area contributed by atoms with Crippen LogP contribution in [0, 0.1) is 17.0 Å². The summed E-state index contributed by atoms with van der Waals surface area (Å²) in [4.78, 5) is 10.2. The SMILES string of the molecule is Cc1c(CNc2[nH]ncc2[N+](=O)[O-])cnn1C. The lowest BCUT2D eigenvalue weighted by Crippen LogP contribution is -2.03. The highest BCUT2D eigenvalue weighted by molar-refractivity contribution is 5.54. The molecule has 0 aliphatic rings. The van der Waals surface area contributed by atoms with Crippen LogP contribution in [0.3, 0.4) is 0 Å². The Labute approximate surface area is 96.8 Å². The minimum Gasteiger partial charge on any atom is -0.361 e. The molecule has 2 heterocycles. The minimum absolute atomic E-state index is 0.0634. The number of anilines is 1. The predicted molar refractivity (Wildman–Crippen MR) is 60.5 cm³/mol. The lowest BCUT2D eigenvalue weighted by molar-refractivity contribution is -0.384. The summed E-state index contributed by atoms with van der Waals surface area (Å²) in [5.74, 6) is 0.304. The van der Waals surface area contributed by atoms with Crippen LogP contribution in [0.5, 0.6) is 0 Å². The van der Waals surface area contributed by atoms with Gasteiger partial charge in [0.05, 0.1) is 11.1 Å². The molecule has 8 heteroatoms. The fourth-order valence-electron chi connectivity index (χ4n) is 1.45. The van der Waals surface area contributed by atoms with E-state index in [1.807, 2.05) is 14.0 Å². The van der Waals surface area contributed by atoms with Gasteiger partial charge < -0.3 is 5.32 Å². The third-order valence-electron chi connectivity index (χ3n) is 2.61. The monoisotopic (exact) mass is 236 g/mol. The zero-order valence-electron chi connectivity index (χ0n) is 9.47. The Morgan fingerprint density at radius 2 is 2.35 bits per heavy atom. The summed E-state index contributed by atoms with van der Waals surface area (Å²) in [6, 6.07) is 0. The molecule has 2 rings (SSSR count). The van der Waals surface area contributed by atoms with Crippen LogP contribution in [0.15, 0.2) is 12.4 Å². The Morgan fingerprint density at radius 3 is 2.94 bits per heavy atom. The van der Waals surface area contributed by atoms with Gasteiger partial charge in [-0.25, -0.2) is 0 Å². The number of aromatic nitrogens is 4. The summed E-state index contributed by atoms with van der Waals surface area (Å²) in [5, 5.41) is 23.9. The normalized spacial score (nSPS) is 10.5. The van der Waals surface area contributed by atoms with E-state index in [0.29, 0.717) is 12.4 Å². The van der Waals surface area contributed by atoms with Crippen LogP contribution in [0.2, 0.25) is 0 Å². The summed E-state index contributed by atoms with van der Waals surface area (Å²) >= 11 is 0. The van der Waals surface area contributed by atoms with Gasteiger partial charge in [0.1, 0.15) is 6.20 Å². The standard InChI is InChI=1S/C9H12N6O2/c1-6-7(4-12-14(6)2)3-10-9-8(15(16)17)5-11-13-9/h4-5H,3H2,1-2H3,(H2,10,11,13). The molecule has 0 aromatic carbocycles. The van der Waals surface area contributed by atoms with Crippen molar-refractivity contribution >= 4 is 11.5 Å². The molecule has 0 aliphatic carbocycles. The topological polar surface area (TPSA) is 102 Å². The van der Waals surface area contributed by atoms with E-state index >= 15 is 0 Å². The molecule has 0 atom stereocenters. The van der Waals surface area contributed by atoms with Crippen molar-refractivity contribution in [3.05, 3.63) is 33.8 Å². The first-order valence-electron chi connectivity index (χ1n) is 4.98. The van der Waals surface area contributed by atoms with Gasteiger partial charge in [0.2, 0.25) is 5.82 Å². The van der Waals surface area contributed by atoms with Crippen LogP contribution in [-0.4, -0.2) is 24.9 Å². The van der Waals surface area contributed by atoms with Crippen LogP contribution in [0.4, 0.5) is 11.5 Å². The Balaban J connectivity index is 2.10. The number of hydrogen-bond donors (Lipinski definition) is 2. The van der Waals surface area contributed by atoms with Crippen LogP contribution < -0.4 is 5.32 Å². The van der Waals surface area contributed by atoms with E-state index < -0.39 is 4.92 Å². The van der Waals surface area contributed by atoms with Crippen LogP contribution in [0.25, 0.3) is 0 Å². The average Bonchev–Trinajstić information content (AvgIpc) is 2.86. The molecular weight excluding hydrogens is 224 g/mol. The minimum atomic E-state index is -0.484. The first-order valence-corrected chi connectivity index (χ1v) is 4.98. The fourth-order valence-corrected chi connectivity index (χ4v) is 1.45. The summed E-state index contributed by atoms with van der Waals surface area (Å²) < 4.78 is 1.75. The van der Waals surface area contributed by atoms with E-state index in [2.05, 4.69) is 20.6 Å². The first kappa shape index (κ1) is 11.1. The quantitative estimate of drug-likeness (QED) is 0.608. The van der Waals surface area contributed by atoms with Crippen molar-refractivity contribution in [2.75, 3.05) is 5.32 Å². The molecule has 2 aromatic heterocycles. The van der Waals surface area contributed by atoms with Crippen molar-refractivity contribution in [1.29, 1.82) is 0 Å². The summed E-state index contributed by atoms with van der Waals surface area (Å²) in [6.07, 6.45) is 2.91. The maximum absolute atomic E-state index is 10.7. The Hall–Kier alpha value is -2.38. The molecule has 0 spiro atoms. The van der Waals surface area contributed by atoms with Gasteiger partial charge in [0.15, 0.2) is 0 Å². The zero-order valence-corrected chi connectivity index (χ0v) is 9.47. The molecule has 90 valence electrons. The van der Waals surface area contributed by atoms with Crippen LogP contribution in [-0.2, 0) is 13.6 Å². The van der Waals surface area contributed by atoms with Crippen molar-refractivity contribution in [3.8, 4) is 0 Å². The van der Waals surface area contributed by atoms with Gasteiger partial charge in [0, 0.05) is 24.8 Å². The van der Waals surface area contributed by atoms with Gasteiger partial charge in [0.25, 0.3) is 0 Å². The van der Waals surface area contributed by atoms with Crippen molar-refractivity contribution in [2.45, 2.75) is 13.5 Å². The number of nitrogens with one attached hydrogen (secondary N) is 2. The third kappa shape index (κ3) is 2.10. The highest BCUT2D eigenvalue weighted by Gasteiger charge is 2.16. The largest absolute Gasteiger partial charge is 0.361 e. The van der Waals surface area contributed by atoms with Gasteiger partial charge in [-0.1, -0.05) is 0 Å². The van der Waals surface area contributed by atoms with Crippen molar-refractivity contribution < 1.29 is 4.92 Å². The van der Waals surface area contributed by atoms with E-state index in [1.54, 1.807) is 10.9 Å². The fraction of sp³-hybridized carbons (Fsp3) is 0.333. The van der Waals surface area contributed by atoms with Gasteiger partial charge >= 0.3 is 5.69 Å². The average molecular weight is 236 g/mol. The van der Waals surface area contributed by atoms with Crippen LogP contribution >= 0.6 is 0 Å². The number of nitrogens with zero attached hydrogens (tertiary/aromatic N) is 4. The van der Waals surface area contributed by atoms with Gasteiger partial charge in [-0.3, -0.25) is 19.9 Å². The van der Waals surface area contributed by atoms with Gasteiger partial charge in [-0.2, -0.15) is 10.2 Å². The zero-order chi connectivity index (χ0) is 12.4. The molecule has 0 saturated heterocycles. The van der Waals surface area contributed by atoms with Crippen molar-refractivity contribution in [1.82, 2.24) is 20.0 Å². The van der Waals surface area contributed by atoms with E-state index in [-0.39, 0.29) is 5.69 Å². The van der Waals surface area contributed by atoms with Crippen molar-refractivity contribution in [3.63, 3.8) is 0 Å². The number of aryl methyl sites for hydroxylation is 1. The van der Waals surface area contributed by atoms with E-state index in [1.165, 1.54) is 6.20 Å². The third-order valence-corrected chi connectivity index (χ3v) is 2.61. The van der Waals surface area contributed by atoms with E-state index in [0.717, 1.165) is 11.3 Å². The molecule has 17 heavy (non-hydrogen) atoms. The smallest absolute Gasteiger partial charge is 0.330 e. The molecule has 0 unspecified atom stereocenters. The Morgan fingerprint density at radius 1 is 1.59 bits per heavy atom. The first-order chi connectivity index (χ1) is 8.09. The second-order valence-electron chi connectivity index (χ2n) is 3.62. The van der Waals surface area contributed by atoms with E-state index in [9.17, 15) is 10.1 Å². The molecule has 0 amide bonds. The molecule has 2 aromatic rings. The molecule has 8 nitrogen and oxygen atoms in total. The molecule has 0 radical (unpaired) electrons. The maximum Gasteiger partial charge on any atom is 0.330 e. The predicted octanol–water partition coefficient (Wildman–Crippen LogP) is 0.972. The lowest BCUT2D eigenvalue weighted by atomic mass is 10.2. The number of H-pyrrole nitrogens is 1. The highest BCUT2D eigenvalue weighted by atomic mass is 16.6. The second-order valence-corrected chi connectivity index (χ2v) is 3.62. The summed E-state index contributed by atoms with van der Waals surface area (Å²) in [6.45, 7) is 2.40. The highest BCUT2D eigenvalue weighted by Crippen LogP contribution is 2.20. The Bertz CT molecular complexity index is 543. The lowest BCUT2D eigenvalue weighted by Gasteiger charge is -2.02. The number of hydrogen-bond acceptors (Lipinski definition) is 5. The van der Waals surface area contributed by atoms with Gasteiger partial charge in [-0.05, 0) is 6.92 Å². The number of aromatic amines is 1.